The van der Waals surface area contributed by atoms with Crippen molar-refractivity contribution in [1.29, 1.82) is 0 Å². The molecule has 1 amide bonds. The van der Waals surface area contributed by atoms with Crippen LogP contribution in [0.1, 0.15) is 31.4 Å². The van der Waals surface area contributed by atoms with Crippen molar-refractivity contribution in [3.8, 4) is 0 Å². The van der Waals surface area contributed by atoms with E-state index in [-0.39, 0.29) is 11.8 Å². The van der Waals surface area contributed by atoms with Crippen molar-refractivity contribution in [2.75, 3.05) is 6.54 Å². The molecule has 19 heavy (non-hydrogen) atoms. The summed E-state index contributed by atoms with van der Waals surface area (Å²) in [6.07, 6.45) is 1.80. The first-order valence-corrected chi connectivity index (χ1v) is 7.22. The van der Waals surface area contributed by atoms with Gasteiger partial charge in [-0.2, -0.15) is 0 Å². The Hall–Kier alpha value is -1.06. The van der Waals surface area contributed by atoms with Crippen molar-refractivity contribution in [3.63, 3.8) is 0 Å². The molecular formula is C15H21ClN2O. The summed E-state index contributed by atoms with van der Waals surface area (Å²) in [7, 11) is 0. The molecule has 0 spiro atoms. The minimum absolute atomic E-state index is 0.0555. The minimum Gasteiger partial charge on any atom is -0.337 e. The van der Waals surface area contributed by atoms with Gasteiger partial charge in [0.1, 0.15) is 0 Å². The average molecular weight is 281 g/mol. The molecule has 1 aliphatic heterocycles. The lowest BCUT2D eigenvalue weighted by Gasteiger charge is -2.32. The van der Waals surface area contributed by atoms with Gasteiger partial charge in [0.25, 0.3) is 0 Å². The van der Waals surface area contributed by atoms with Crippen LogP contribution in [0.5, 0.6) is 0 Å². The first-order chi connectivity index (χ1) is 9.02. The second kappa shape index (κ2) is 5.93. The van der Waals surface area contributed by atoms with Crippen LogP contribution in [0, 0.1) is 5.92 Å². The van der Waals surface area contributed by atoms with Crippen LogP contribution in [0.15, 0.2) is 18.2 Å². The fourth-order valence-corrected chi connectivity index (χ4v) is 2.62. The van der Waals surface area contributed by atoms with Gasteiger partial charge in [-0.1, -0.05) is 37.9 Å². The Labute approximate surface area is 119 Å². The third-order valence-corrected chi connectivity index (χ3v) is 4.27. The number of benzene rings is 1. The molecule has 0 unspecified atom stereocenters. The van der Waals surface area contributed by atoms with Gasteiger partial charge >= 0.3 is 0 Å². The molecule has 2 rings (SSSR count). The predicted molar refractivity (Wildman–Crippen MR) is 78.0 cm³/mol. The van der Waals surface area contributed by atoms with Crippen LogP contribution in [0.2, 0.25) is 5.02 Å². The summed E-state index contributed by atoms with van der Waals surface area (Å²) in [5.41, 5.74) is 8.46. The lowest BCUT2D eigenvalue weighted by Crippen LogP contribution is -2.48. The monoisotopic (exact) mass is 280 g/mol. The van der Waals surface area contributed by atoms with Crippen molar-refractivity contribution >= 4 is 17.5 Å². The quantitative estimate of drug-likeness (QED) is 0.925. The highest BCUT2D eigenvalue weighted by atomic mass is 35.5. The van der Waals surface area contributed by atoms with Crippen molar-refractivity contribution in [2.45, 2.75) is 39.3 Å². The van der Waals surface area contributed by atoms with Gasteiger partial charge in [-0.3, -0.25) is 4.79 Å². The van der Waals surface area contributed by atoms with Crippen LogP contribution in [-0.4, -0.2) is 23.4 Å². The number of amides is 1. The lowest BCUT2D eigenvalue weighted by molar-refractivity contribution is -0.134. The highest BCUT2D eigenvalue weighted by Crippen LogP contribution is 2.23. The van der Waals surface area contributed by atoms with Crippen LogP contribution >= 0.6 is 11.6 Å². The van der Waals surface area contributed by atoms with E-state index in [9.17, 15) is 4.79 Å². The molecule has 4 heteroatoms. The minimum atomic E-state index is -0.397. The van der Waals surface area contributed by atoms with Crippen LogP contribution in [-0.2, 0) is 17.8 Å². The van der Waals surface area contributed by atoms with Crippen molar-refractivity contribution < 1.29 is 4.79 Å². The number of halogens is 1. The first kappa shape index (κ1) is 14.4. The first-order valence-electron chi connectivity index (χ1n) is 6.84. The van der Waals surface area contributed by atoms with Crippen LogP contribution in [0.25, 0.3) is 0 Å². The molecular weight excluding hydrogens is 260 g/mol. The Morgan fingerprint density at radius 2 is 2.21 bits per heavy atom. The van der Waals surface area contributed by atoms with Crippen molar-refractivity contribution in [2.24, 2.45) is 11.7 Å². The van der Waals surface area contributed by atoms with Gasteiger partial charge in [0.15, 0.2) is 0 Å². The van der Waals surface area contributed by atoms with E-state index in [1.807, 2.05) is 30.0 Å². The Bertz CT molecular complexity index is 475. The third-order valence-electron chi connectivity index (χ3n) is 4.03. The van der Waals surface area contributed by atoms with Gasteiger partial charge in [-0.15, -0.1) is 0 Å². The Morgan fingerprint density at radius 3 is 2.89 bits per heavy atom. The number of fused-ring (bicyclic) bond motifs is 1. The molecule has 1 aromatic carbocycles. The SMILES string of the molecule is CC[C@H](C)[C@H](N)C(=O)N1CCc2ccc(Cl)cc2C1. The molecule has 3 nitrogen and oxygen atoms in total. The summed E-state index contributed by atoms with van der Waals surface area (Å²) in [6.45, 7) is 5.46. The molecule has 0 aliphatic carbocycles. The molecule has 0 saturated heterocycles. The van der Waals surface area contributed by atoms with Gasteiger partial charge < -0.3 is 10.6 Å². The molecule has 0 bridgehead atoms. The average Bonchev–Trinajstić information content (AvgIpc) is 2.43. The second-order valence-corrected chi connectivity index (χ2v) is 5.77. The topological polar surface area (TPSA) is 46.3 Å². The summed E-state index contributed by atoms with van der Waals surface area (Å²) >= 11 is 6.01. The van der Waals surface area contributed by atoms with Gasteiger partial charge in [-0.25, -0.2) is 0 Å². The highest BCUT2D eigenvalue weighted by molar-refractivity contribution is 6.30. The van der Waals surface area contributed by atoms with Crippen molar-refractivity contribution in [1.82, 2.24) is 4.90 Å². The maximum absolute atomic E-state index is 12.4. The summed E-state index contributed by atoms with van der Waals surface area (Å²) in [6, 6.07) is 5.51. The van der Waals surface area contributed by atoms with E-state index in [0.29, 0.717) is 6.54 Å². The maximum Gasteiger partial charge on any atom is 0.240 e. The van der Waals surface area contributed by atoms with E-state index in [4.69, 9.17) is 17.3 Å². The molecule has 2 N–H and O–H groups in total. The molecule has 0 radical (unpaired) electrons. The second-order valence-electron chi connectivity index (χ2n) is 5.33. The molecule has 104 valence electrons. The molecule has 1 heterocycles. The normalized spacial score (nSPS) is 17.8. The summed E-state index contributed by atoms with van der Waals surface area (Å²) in [5, 5.41) is 0.722. The predicted octanol–water partition coefficient (Wildman–Crippen LogP) is 2.60. The number of hydrogen-bond acceptors (Lipinski definition) is 2. The zero-order valence-electron chi connectivity index (χ0n) is 11.5. The van der Waals surface area contributed by atoms with E-state index in [1.54, 1.807) is 0 Å². The van der Waals surface area contributed by atoms with Gasteiger partial charge in [0, 0.05) is 18.1 Å². The highest BCUT2D eigenvalue weighted by Gasteiger charge is 2.27. The fraction of sp³-hybridized carbons (Fsp3) is 0.533. The summed E-state index contributed by atoms with van der Waals surface area (Å²) < 4.78 is 0. The van der Waals surface area contributed by atoms with Gasteiger partial charge in [0.05, 0.1) is 6.04 Å². The maximum atomic E-state index is 12.4. The Morgan fingerprint density at radius 1 is 1.47 bits per heavy atom. The molecule has 1 aliphatic rings. The Kier molecular flexibility index (Phi) is 4.48. The van der Waals surface area contributed by atoms with Crippen molar-refractivity contribution in [3.05, 3.63) is 34.3 Å². The number of carbonyl (C=O) groups excluding carboxylic acids is 1. The lowest BCUT2D eigenvalue weighted by atomic mass is 9.96. The molecule has 0 fully saturated rings. The van der Waals surface area contributed by atoms with E-state index in [2.05, 4.69) is 6.92 Å². The van der Waals surface area contributed by atoms with E-state index in [0.717, 1.165) is 30.0 Å². The molecule has 0 saturated carbocycles. The van der Waals surface area contributed by atoms with E-state index in [1.165, 1.54) is 5.56 Å². The largest absolute Gasteiger partial charge is 0.337 e. The number of hydrogen-bond donors (Lipinski definition) is 1. The van der Waals surface area contributed by atoms with Gasteiger partial charge in [-0.05, 0) is 35.6 Å². The fourth-order valence-electron chi connectivity index (χ4n) is 2.42. The third kappa shape index (κ3) is 3.10. The Balaban J connectivity index is 2.11. The zero-order valence-corrected chi connectivity index (χ0v) is 12.3. The van der Waals surface area contributed by atoms with Crippen LogP contribution in [0.3, 0.4) is 0 Å². The number of carbonyl (C=O) groups is 1. The number of nitrogens with two attached hydrogens (primary N) is 1. The smallest absolute Gasteiger partial charge is 0.240 e. The molecule has 2 atom stereocenters. The summed E-state index contributed by atoms with van der Waals surface area (Å²) in [5.74, 6) is 0.272. The summed E-state index contributed by atoms with van der Waals surface area (Å²) in [4.78, 5) is 14.2. The molecule has 1 aromatic rings. The van der Waals surface area contributed by atoms with Crippen LogP contribution < -0.4 is 5.73 Å². The van der Waals surface area contributed by atoms with E-state index < -0.39 is 6.04 Å². The standard InChI is InChI=1S/C15H21ClN2O/c1-3-10(2)14(17)15(19)18-7-6-11-4-5-13(16)8-12(11)9-18/h4-5,8,10,14H,3,6-7,9,17H2,1-2H3/t10-,14-/m0/s1. The van der Waals surface area contributed by atoms with Gasteiger partial charge in [0.2, 0.25) is 5.91 Å². The molecule has 0 aromatic heterocycles. The van der Waals surface area contributed by atoms with E-state index >= 15 is 0 Å². The van der Waals surface area contributed by atoms with Crippen LogP contribution in [0.4, 0.5) is 0 Å². The number of rotatable bonds is 3. The zero-order chi connectivity index (χ0) is 14.0. The number of nitrogens with zero attached hydrogens (tertiary/aromatic N) is 1.